The van der Waals surface area contributed by atoms with Gasteiger partial charge in [0.05, 0.1) is 4.90 Å². The third-order valence-corrected chi connectivity index (χ3v) is 6.57. The molecule has 1 aromatic carbocycles. The van der Waals surface area contributed by atoms with Gasteiger partial charge in [-0.25, -0.2) is 8.42 Å². The lowest BCUT2D eigenvalue weighted by Crippen LogP contribution is -2.32. The van der Waals surface area contributed by atoms with Crippen molar-refractivity contribution < 1.29 is 8.42 Å². The first kappa shape index (κ1) is 14.3. The van der Waals surface area contributed by atoms with Crippen molar-refractivity contribution in [1.82, 2.24) is 4.31 Å². The average Bonchev–Trinajstić information content (AvgIpc) is 3.12. The maximum atomic E-state index is 12.8. The first-order valence-electron chi connectivity index (χ1n) is 6.37. The number of hydrogen-bond donors (Lipinski definition) is 0. The lowest BCUT2D eigenvalue weighted by atomic mass is 10.4. The molecular formula is C14H14BrNO2S2. The van der Waals surface area contributed by atoms with Gasteiger partial charge in [-0.2, -0.15) is 4.31 Å². The second kappa shape index (κ2) is 5.60. The summed E-state index contributed by atoms with van der Waals surface area (Å²) in [5, 5.41) is 1.98. The smallest absolute Gasteiger partial charge is 0.207 e. The Balaban J connectivity index is 1.91. The fourth-order valence-electron chi connectivity index (χ4n) is 2.07. The molecule has 0 radical (unpaired) electrons. The largest absolute Gasteiger partial charge is 0.243 e. The monoisotopic (exact) mass is 371 g/mol. The minimum Gasteiger partial charge on any atom is -0.207 e. The molecule has 0 saturated heterocycles. The summed E-state index contributed by atoms with van der Waals surface area (Å²) in [5.41, 5.74) is 0. The third kappa shape index (κ3) is 2.98. The molecule has 1 saturated carbocycles. The first-order chi connectivity index (χ1) is 9.57. The Bertz CT molecular complexity index is 676. The molecule has 1 aliphatic rings. The van der Waals surface area contributed by atoms with Crippen LogP contribution in [0.2, 0.25) is 0 Å². The predicted octanol–water partition coefficient (Wildman–Crippen LogP) is 3.86. The summed E-state index contributed by atoms with van der Waals surface area (Å²) in [7, 11) is -3.41. The van der Waals surface area contributed by atoms with Crippen molar-refractivity contribution in [2.24, 2.45) is 0 Å². The Labute approximate surface area is 131 Å². The summed E-state index contributed by atoms with van der Waals surface area (Å²) in [5.74, 6) is 0. The van der Waals surface area contributed by atoms with Crippen LogP contribution < -0.4 is 0 Å². The summed E-state index contributed by atoms with van der Waals surface area (Å²) >= 11 is 4.93. The Kier molecular flexibility index (Phi) is 3.99. The fourth-order valence-corrected chi connectivity index (χ4v) is 4.78. The van der Waals surface area contributed by atoms with Crippen LogP contribution in [0.25, 0.3) is 0 Å². The zero-order valence-electron chi connectivity index (χ0n) is 10.7. The maximum Gasteiger partial charge on any atom is 0.243 e. The molecule has 1 aliphatic carbocycles. The van der Waals surface area contributed by atoms with Crippen LogP contribution in [0.15, 0.2) is 51.1 Å². The molecule has 1 fully saturated rings. The van der Waals surface area contributed by atoms with Crippen molar-refractivity contribution in [3.8, 4) is 0 Å². The Hall–Kier alpha value is -0.690. The zero-order valence-corrected chi connectivity index (χ0v) is 13.9. The van der Waals surface area contributed by atoms with E-state index in [0.29, 0.717) is 11.4 Å². The highest BCUT2D eigenvalue weighted by Crippen LogP contribution is 2.34. The molecule has 0 bridgehead atoms. The number of rotatable bonds is 5. The van der Waals surface area contributed by atoms with Crippen molar-refractivity contribution in [3.05, 3.63) is 51.1 Å². The lowest BCUT2D eigenvalue weighted by Gasteiger charge is -2.21. The van der Waals surface area contributed by atoms with Crippen LogP contribution in [0, 0.1) is 0 Å². The van der Waals surface area contributed by atoms with E-state index in [2.05, 4.69) is 15.9 Å². The summed E-state index contributed by atoms with van der Waals surface area (Å²) in [6.45, 7) is 0.473. The van der Waals surface area contributed by atoms with Crippen LogP contribution >= 0.6 is 27.3 Å². The van der Waals surface area contributed by atoms with Crippen LogP contribution in [0.3, 0.4) is 0 Å². The van der Waals surface area contributed by atoms with Gasteiger partial charge in [0.1, 0.15) is 0 Å². The third-order valence-electron chi connectivity index (χ3n) is 3.27. The van der Waals surface area contributed by atoms with E-state index in [1.165, 1.54) is 0 Å². The van der Waals surface area contributed by atoms with Crippen molar-refractivity contribution in [3.63, 3.8) is 0 Å². The van der Waals surface area contributed by atoms with E-state index in [4.69, 9.17) is 0 Å². The van der Waals surface area contributed by atoms with Crippen LogP contribution in [0.1, 0.15) is 17.7 Å². The van der Waals surface area contributed by atoms with Gasteiger partial charge in [-0.1, -0.05) is 22.0 Å². The van der Waals surface area contributed by atoms with Gasteiger partial charge in [0.2, 0.25) is 10.0 Å². The molecular weight excluding hydrogens is 358 g/mol. The summed E-state index contributed by atoms with van der Waals surface area (Å²) in [6.07, 6.45) is 1.92. The van der Waals surface area contributed by atoms with Crippen molar-refractivity contribution in [1.29, 1.82) is 0 Å². The highest BCUT2D eigenvalue weighted by Gasteiger charge is 2.38. The molecule has 20 heavy (non-hydrogen) atoms. The molecule has 0 N–H and O–H groups in total. The standard InChI is InChI=1S/C14H14BrNO2S2/c15-11-3-7-14(8-4-11)20(17,18)16(12-5-6-12)10-13-2-1-9-19-13/h1-4,7-9,12H,5-6,10H2. The van der Waals surface area contributed by atoms with E-state index < -0.39 is 10.0 Å². The van der Waals surface area contributed by atoms with Crippen LogP contribution in [-0.2, 0) is 16.6 Å². The van der Waals surface area contributed by atoms with E-state index in [0.717, 1.165) is 22.2 Å². The SMILES string of the molecule is O=S(=O)(c1ccc(Br)cc1)N(Cc1cccs1)C1CC1. The zero-order chi connectivity index (χ0) is 14.2. The van der Waals surface area contributed by atoms with Gasteiger partial charge in [0.25, 0.3) is 0 Å². The molecule has 3 nitrogen and oxygen atoms in total. The van der Waals surface area contributed by atoms with E-state index in [-0.39, 0.29) is 6.04 Å². The molecule has 0 unspecified atom stereocenters. The van der Waals surface area contributed by atoms with Gasteiger partial charge in [-0.15, -0.1) is 11.3 Å². The van der Waals surface area contributed by atoms with E-state index in [9.17, 15) is 8.42 Å². The predicted molar refractivity (Wildman–Crippen MR) is 84.2 cm³/mol. The van der Waals surface area contributed by atoms with Gasteiger partial charge >= 0.3 is 0 Å². The van der Waals surface area contributed by atoms with Gasteiger partial charge in [0, 0.05) is 21.9 Å². The van der Waals surface area contributed by atoms with Crippen molar-refractivity contribution in [2.75, 3.05) is 0 Å². The summed E-state index contributed by atoms with van der Waals surface area (Å²) in [4.78, 5) is 1.45. The molecule has 1 aromatic heterocycles. The van der Waals surface area contributed by atoms with E-state index in [1.54, 1.807) is 39.9 Å². The molecule has 3 rings (SSSR count). The molecule has 0 amide bonds. The number of benzene rings is 1. The number of thiophene rings is 1. The number of nitrogens with zero attached hydrogens (tertiary/aromatic N) is 1. The molecule has 1 heterocycles. The van der Waals surface area contributed by atoms with Gasteiger partial charge in [-0.05, 0) is 48.6 Å². The van der Waals surface area contributed by atoms with Gasteiger partial charge in [0.15, 0.2) is 0 Å². The number of halogens is 1. The molecule has 0 spiro atoms. The van der Waals surface area contributed by atoms with Gasteiger partial charge in [-0.3, -0.25) is 0 Å². The highest BCUT2D eigenvalue weighted by molar-refractivity contribution is 9.10. The average molecular weight is 372 g/mol. The topological polar surface area (TPSA) is 37.4 Å². The normalized spacial score (nSPS) is 15.7. The van der Waals surface area contributed by atoms with Crippen molar-refractivity contribution in [2.45, 2.75) is 30.3 Å². The summed E-state index contributed by atoms with van der Waals surface area (Å²) < 4.78 is 28.1. The second-order valence-electron chi connectivity index (χ2n) is 4.81. The summed E-state index contributed by atoms with van der Waals surface area (Å²) in [6, 6.07) is 10.9. The van der Waals surface area contributed by atoms with Crippen molar-refractivity contribution >= 4 is 37.3 Å². The number of sulfonamides is 1. The lowest BCUT2D eigenvalue weighted by molar-refractivity contribution is 0.401. The molecule has 6 heteroatoms. The highest BCUT2D eigenvalue weighted by atomic mass is 79.9. The number of hydrogen-bond acceptors (Lipinski definition) is 3. The molecule has 2 aromatic rings. The fraction of sp³-hybridized carbons (Fsp3) is 0.286. The molecule has 0 aliphatic heterocycles. The second-order valence-corrected chi connectivity index (χ2v) is 8.65. The molecule has 0 atom stereocenters. The van der Waals surface area contributed by atoms with Crippen LogP contribution in [0.5, 0.6) is 0 Å². The minimum absolute atomic E-state index is 0.158. The van der Waals surface area contributed by atoms with Crippen LogP contribution in [-0.4, -0.2) is 18.8 Å². The quantitative estimate of drug-likeness (QED) is 0.799. The Morgan fingerprint density at radius 3 is 2.45 bits per heavy atom. The maximum absolute atomic E-state index is 12.8. The van der Waals surface area contributed by atoms with Crippen LogP contribution in [0.4, 0.5) is 0 Å². The first-order valence-corrected chi connectivity index (χ1v) is 9.48. The minimum atomic E-state index is -3.41. The molecule has 106 valence electrons. The van der Waals surface area contributed by atoms with E-state index >= 15 is 0 Å². The Morgan fingerprint density at radius 2 is 1.90 bits per heavy atom. The van der Waals surface area contributed by atoms with Gasteiger partial charge < -0.3 is 0 Å². The Morgan fingerprint density at radius 1 is 1.20 bits per heavy atom. The van der Waals surface area contributed by atoms with E-state index in [1.807, 2.05) is 17.5 Å².